The van der Waals surface area contributed by atoms with Crippen LogP contribution in [-0.4, -0.2) is 52.8 Å². The Morgan fingerprint density at radius 1 is 1.59 bits per heavy atom. The number of carbonyl (C=O) groups excluding carboxylic acids is 1. The van der Waals surface area contributed by atoms with Gasteiger partial charge in [0.15, 0.2) is 0 Å². The van der Waals surface area contributed by atoms with Gasteiger partial charge < -0.3 is 19.5 Å². The van der Waals surface area contributed by atoms with Crippen LogP contribution in [0.15, 0.2) is 12.4 Å². The van der Waals surface area contributed by atoms with Crippen LogP contribution in [0.3, 0.4) is 0 Å². The largest absolute Gasteiger partial charge is 0.376 e. The van der Waals surface area contributed by atoms with Crippen molar-refractivity contribution in [2.45, 2.75) is 51.3 Å². The second-order valence-corrected chi connectivity index (χ2v) is 6.57. The number of imidazole rings is 1. The maximum Gasteiger partial charge on any atom is 0.317 e. The number of rotatable bonds is 4. The first-order valence-electron chi connectivity index (χ1n) is 8.26. The van der Waals surface area contributed by atoms with E-state index in [-0.39, 0.29) is 18.2 Å². The van der Waals surface area contributed by atoms with E-state index in [0.717, 1.165) is 51.2 Å². The van der Waals surface area contributed by atoms with Crippen molar-refractivity contribution < 1.29 is 9.53 Å². The molecule has 2 aliphatic rings. The van der Waals surface area contributed by atoms with Crippen LogP contribution in [0.1, 0.15) is 32.0 Å². The lowest BCUT2D eigenvalue weighted by molar-refractivity contribution is 0.0833. The minimum Gasteiger partial charge on any atom is -0.376 e. The first-order valence-corrected chi connectivity index (χ1v) is 8.26. The lowest BCUT2D eigenvalue weighted by Crippen LogP contribution is -2.48. The molecule has 1 aromatic rings. The van der Waals surface area contributed by atoms with E-state index in [2.05, 4.69) is 14.9 Å². The highest BCUT2D eigenvalue weighted by molar-refractivity contribution is 5.74. The predicted molar refractivity (Wildman–Crippen MR) is 83.6 cm³/mol. The highest BCUT2D eigenvalue weighted by atomic mass is 16.5. The van der Waals surface area contributed by atoms with Gasteiger partial charge in [0.05, 0.1) is 12.1 Å². The molecule has 1 fully saturated rings. The molecule has 1 saturated heterocycles. The molecule has 0 saturated carbocycles. The van der Waals surface area contributed by atoms with Crippen LogP contribution in [0.4, 0.5) is 4.79 Å². The number of aryl methyl sites for hydroxylation is 1. The van der Waals surface area contributed by atoms with Crippen molar-refractivity contribution in [1.82, 2.24) is 19.8 Å². The molecule has 1 aromatic heterocycles. The summed E-state index contributed by atoms with van der Waals surface area (Å²) in [7, 11) is 1.88. The van der Waals surface area contributed by atoms with E-state index < -0.39 is 0 Å². The summed E-state index contributed by atoms with van der Waals surface area (Å²) in [5.41, 5.74) is 0. The van der Waals surface area contributed by atoms with Gasteiger partial charge >= 0.3 is 6.03 Å². The molecule has 2 aliphatic heterocycles. The molecule has 3 atom stereocenters. The molecular formula is C16H26N4O2. The Labute approximate surface area is 131 Å². The van der Waals surface area contributed by atoms with Crippen LogP contribution >= 0.6 is 0 Å². The Bertz CT molecular complexity index is 510. The molecule has 2 amide bonds. The highest BCUT2D eigenvalue weighted by Crippen LogP contribution is 2.20. The molecule has 3 rings (SSSR count). The van der Waals surface area contributed by atoms with Gasteiger partial charge in [-0.15, -0.1) is 0 Å². The normalized spacial score (nSPS) is 25.5. The molecular weight excluding hydrogens is 280 g/mol. The lowest BCUT2D eigenvalue weighted by Gasteiger charge is -2.29. The van der Waals surface area contributed by atoms with Crippen molar-refractivity contribution in [2.75, 3.05) is 20.2 Å². The molecule has 122 valence electrons. The van der Waals surface area contributed by atoms with Gasteiger partial charge in [0, 0.05) is 45.6 Å². The smallest absolute Gasteiger partial charge is 0.317 e. The number of fused-ring (bicyclic) bond motifs is 1. The average molecular weight is 306 g/mol. The number of hydrogen-bond acceptors (Lipinski definition) is 3. The van der Waals surface area contributed by atoms with Gasteiger partial charge in [0.1, 0.15) is 5.82 Å². The van der Waals surface area contributed by atoms with Crippen molar-refractivity contribution in [3.8, 4) is 0 Å². The molecule has 6 nitrogen and oxygen atoms in total. The van der Waals surface area contributed by atoms with Crippen LogP contribution in [0, 0.1) is 5.92 Å². The number of nitrogens with one attached hydrogen (secondary N) is 1. The van der Waals surface area contributed by atoms with Crippen LogP contribution < -0.4 is 5.32 Å². The Hall–Kier alpha value is -1.56. The van der Waals surface area contributed by atoms with Crippen LogP contribution in [0.5, 0.6) is 0 Å². The van der Waals surface area contributed by atoms with Crippen molar-refractivity contribution in [2.24, 2.45) is 5.92 Å². The van der Waals surface area contributed by atoms with Gasteiger partial charge in [-0.3, -0.25) is 0 Å². The minimum absolute atomic E-state index is 0.000530. The van der Waals surface area contributed by atoms with Crippen LogP contribution in [-0.2, 0) is 17.7 Å². The highest BCUT2D eigenvalue weighted by Gasteiger charge is 2.26. The summed E-state index contributed by atoms with van der Waals surface area (Å²) in [5, 5.41) is 3.07. The predicted octanol–water partition coefficient (Wildman–Crippen LogP) is 1.65. The minimum atomic E-state index is -0.000530. The maximum atomic E-state index is 12.3. The number of ether oxygens (including phenoxy) is 1. The fourth-order valence-corrected chi connectivity index (χ4v) is 3.45. The number of hydrogen-bond donors (Lipinski definition) is 1. The molecule has 0 spiro atoms. The van der Waals surface area contributed by atoms with E-state index in [4.69, 9.17) is 4.74 Å². The standard InChI is InChI=1S/C16H26N4O2/c1-12(14-4-3-9-22-14)18-16(21)19(2)10-13-5-6-15-17-7-8-20(15)11-13/h7-8,12-14H,3-6,9-11H2,1-2H3,(H,18,21)/t12-,13+,14-/m0/s1. The second kappa shape index (κ2) is 6.69. The zero-order valence-corrected chi connectivity index (χ0v) is 13.5. The third-order valence-electron chi connectivity index (χ3n) is 4.79. The molecule has 3 heterocycles. The van der Waals surface area contributed by atoms with E-state index in [1.807, 2.05) is 26.4 Å². The van der Waals surface area contributed by atoms with Crippen molar-refractivity contribution in [3.05, 3.63) is 18.2 Å². The summed E-state index contributed by atoms with van der Waals surface area (Å²) in [4.78, 5) is 18.5. The third kappa shape index (κ3) is 3.43. The molecule has 0 aliphatic carbocycles. The summed E-state index contributed by atoms with van der Waals surface area (Å²) >= 11 is 0. The van der Waals surface area contributed by atoms with E-state index >= 15 is 0 Å². The zero-order chi connectivity index (χ0) is 15.5. The molecule has 0 unspecified atom stereocenters. The molecule has 0 radical (unpaired) electrons. The molecule has 22 heavy (non-hydrogen) atoms. The SMILES string of the molecule is C[C@H](NC(=O)N(C)C[C@H]1CCc2nccn2C1)[C@@H]1CCCO1. The Morgan fingerprint density at radius 2 is 2.45 bits per heavy atom. The Kier molecular flexibility index (Phi) is 4.66. The summed E-state index contributed by atoms with van der Waals surface area (Å²) in [6.45, 7) is 4.58. The van der Waals surface area contributed by atoms with Gasteiger partial charge in [-0.2, -0.15) is 0 Å². The first-order chi connectivity index (χ1) is 10.6. The third-order valence-corrected chi connectivity index (χ3v) is 4.79. The van der Waals surface area contributed by atoms with Crippen LogP contribution in [0.25, 0.3) is 0 Å². The van der Waals surface area contributed by atoms with Crippen LogP contribution in [0.2, 0.25) is 0 Å². The Morgan fingerprint density at radius 3 is 3.23 bits per heavy atom. The lowest BCUT2D eigenvalue weighted by atomic mass is 9.99. The first kappa shape index (κ1) is 15.3. The maximum absolute atomic E-state index is 12.3. The van der Waals surface area contributed by atoms with E-state index in [0.29, 0.717) is 5.92 Å². The zero-order valence-electron chi connectivity index (χ0n) is 13.5. The van der Waals surface area contributed by atoms with Crippen molar-refractivity contribution >= 4 is 6.03 Å². The number of urea groups is 1. The van der Waals surface area contributed by atoms with Crippen molar-refractivity contribution in [3.63, 3.8) is 0 Å². The van der Waals surface area contributed by atoms with Gasteiger partial charge in [-0.1, -0.05) is 0 Å². The fourth-order valence-electron chi connectivity index (χ4n) is 3.45. The summed E-state index contributed by atoms with van der Waals surface area (Å²) < 4.78 is 7.84. The summed E-state index contributed by atoms with van der Waals surface area (Å²) in [6.07, 6.45) is 8.28. The average Bonchev–Trinajstić information content (AvgIpc) is 3.18. The fraction of sp³-hybridized carbons (Fsp3) is 0.750. The van der Waals surface area contributed by atoms with E-state index in [1.54, 1.807) is 4.90 Å². The van der Waals surface area contributed by atoms with E-state index in [1.165, 1.54) is 0 Å². The molecule has 6 heteroatoms. The topological polar surface area (TPSA) is 59.4 Å². The monoisotopic (exact) mass is 306 g/mol. The number of aromatic nitrogens is 2. The van der Waals surface area contributed by atoms with Gasteiger partial charge in [-0.25, -0.2) is 9.78 Å². The molecule has 0 aromatic carbocycles. The van der Waals surface area contributed by atoms with Crippen molar-refractivity contribution in [1.29, 1.82) is 0 Å². The molecule has 1 N–H and O–H groups in total. The van der Waals surface area contributed by atoms with E-state index in [9.17, 15) is 4.79 Å². The second-order valence-electron chi connectivity index (χ2n) is 6.57. The molecule has 0 bridgehead atoms. The number of amides is 2. The van der Waals surface area contributed by atoms with Gasteiger partial charge in [0.25, 0.3) is 0 Å². The summed E-state index contributed by atoms with van der Waals surface area (Å²) in [5.74, 6) is 1.66. The summed E-state index contributed by atoms with van der Waals surface area (Å²) in [6, 6.07) is 0.0727. The number of nitrogens with zero attached hydrogens (tertiary/aromatic N) is 3. The van der Waals surface area contributed by atoms with Gasteiger partial charge in [0.2, 0.25) is 0 Å². The van der Waals surface area contributed by atoms with Gasteiger partial charge in [-0.05, 0) is 32.1 Å². The number of carbonyl (C=O) groups is 1. The quantitative estimate of drug-likeness (QED) is 0.920. The Balaban J connectivity index is 1.47.